The number of nitro groups is 1. The van der Waals surface area contributed by atoms with Crippen LogP contribution in [0.15, 0.2) is 63.9 Å². The van der Waals surface area contributed by atoms with Crippen LogP contribution in [-0.4, -0.2) is 34.1 Å². The molecule has 0 aliphatic carbocycles. The van der Waals surface area contributed by atoms with Crippen molar-refractivity contribution in [1.82, 2.24) is 29.1 Å². The lowest BCUT2D eigenvalue weighted by atomic mass is 10.2. The second-order valence-corrected chi connectivity index (χ2v) is 6.60. The van der Waals surface area contributed by atoms with Crippen LogP contribution in [0.4, 0.5) is 5.69 Å². The Hall–Kier alpha value is -3.60. The van der Waals surface area contributed by atoms with Crippen LogP contribution in [0.1, 0.15) is 6.92 Å². The summed E-state index contributed by atoms with van der Waals surface area (Å²) in [6, 6.07) is 8.53. The van der Waals surface area contributed by atoms with Crippen LogP contribution in [0.3, 0.4) is 0 Å². The molecule has 0 spiro atoms. The fourth-order valence-electron chi connectivity index (χ4n) is 2.74. The SMILES string of the molecule is CCn1c(Sc2nc3ccccn3c(=O)c2[N+](=O)[O-])nnc1-c1ccncc1. The molecule has 10 nitrogen and oxygen atoms in total. The van der Waals surface area contributed by atoms with Crippen molar-refractivity contribution in [2.45, 2.75) is 23.7 Å². The molecule has 0 amide bonds. The van der Waals surface area contributed by atoms with Gasteiger partial charge in [0.05, 0.1) is 4.92 Å². The van der Waals surface area contributed by atoms with Gasteiger partial charge in [-0.25, -0.2) is 4.98 Å². The zero-order valence-corrected chi connectivity index (χ0v) is 15.4. The zero-order chi connectivity index (χ0) is 19.7. The highest BCUT2D eigenvalue weighted by molar-refractivity contribution is 7.99. The Morgan fingerprint density at radius 1 is 1.18 bits per heavy atom. The molecule has 0 saturated carbocycles. The van der Waals surface area contributed by atoms with E-state index in [0.717, 1.165) is 21.7 Å². The average molecular weight is 395 g/mol. The van der Waals surface area contributed by atoms with Gasteiger partial charge in [0.25, 0.3) is 0 Å². The Morgan fingerprint density at radius 2 is 1.96 bits per heavy atom. The molecule has 0 aliphatic rings. The van der Waals surface area contributed by atoms with Gasteiger partial charge in [0, 0.05) is 30.7 Å². The van der Waals surface area contributed by atoms with E-state index in [1.807, 2.05) is 6.92 Å². The molecule has 0 bridgehead atoms. The first-order valence-corrected chi connectivity index (χ1v) is 9.09. The van der Waals surface area contributed by atoms with Crippen LogP contribution < -0.4 is 5.56 Å². The van der Waals surface area contributed by atoms with Crippen molar-refractivity contribution in [3.05, 3.63) is 69.4 Å². The first-order chi connectivity index (χ1) is 13.6. The van der Waals surface area contributed by atoms with Gasteiger partial charge in [-0.15, -0.1) is 10.2 Å². The Morgan fingerprint density at radius 3 is 2.68 bits per heavy atom. The van der Waals surface area contributed by atoms with Crippen LogP contribution >= 0.6 is 11.8 Å². The van der Waals surface area contributed by atoms with Crippen LogP contribution in [0, 0.1) is 10.1 Å². The van der Waals surface area contributed by atoms with Crippen molar-refractivity contribution in [3.63, 3.8) is 0 Å². The van der Waals surface area contributed by atoms with Gasteiger partial charge in [-0.05, 0) is 43.0 Å². The van der Waals surface area contributed by atoms with Gasteiger partial charge in [0.15, 0.2) is 16.0 Å². The number of hydrogen-bond donors (Lipinski definition) is 0. The highest BCUT2D eigenvalue weighted by Gasteiger charge is 2.26. The maximum Gasteiger partial charge on any atom is 0.366 e. The van der Waals surface area contributed by atoms with E-state index in [1.165, 1.54) is 6.20 Å². The second kappa shape index (κ2) is 7.19. The van der Waals surface area contributed by atoms with Crippen LogP contribution in [0.5, 0.6) is 0 Å². The van der Waals surface area contributed by atoms with Gasteiger partial charge in [-0.3, -0.25) is 24.3 Å². The molecular weight excluding hydrogens is 382 g/mol. The van der Waals surface area contributed by atoms with E-state index in [-0.39, 0.29) is 5.03 Å². The molecule has 4 rings (SSSR count). The number of aromatic nitrogens is 6. The summed E-state index contributed by atoms with van der Waals surface area (Å²) in [5.74, 6) is 0.604. The number of rotatable bonds is 5. The summed E-state index contributed by atoms with van der Waals surface area (Å²) >= 11 is 0.946. The van der Waals surface area contributed by atoms with E-state index < -0.39 is 16.2 Å². The minimum atomic E-state index is -0.741. The maximum atomic E-state index is 12.6. The Balaban J connectivity index is 1.85. The molecule has 4 heterocycles. The molecule has 0 saturated heterocycles. The number of pyridine rings is 2. The fourth-order valence-corrected chi connectivity index (χ4v) is 3.72. The van der Waals surface area contributed by atoms with E-state index in [0.29, 0.717) is 23.2 Å². The standard InChI is InChI=1S/C17H13N7O3S/c1-2-22-14(11-6-8-18-9-7-11)20-21-17(22)28-15-13(24(26)27)16(25)23-10-4-3-5-12(23)19-15/h3-10H,2H2,1H3. The first kappa shape index (κ1) is 17.8. The van der Waals surface area contributed by atoms with Crippen LogP contribution in [-0.2, 0) is 6.54 Å². The Kier molecular flexibility index (Phi) is 4.57. The van der Waals surface area contributed by atoms with Crippen LogP contribution in [0.2, 0.25) is 0 Å². The van der Waals surface area contributed by atoms with E-state index >= 15 is 0 Å². The molecule has 0 N–H and O–H groups in total. The maximum absolute atomic E-state index is 12.6. The lowest BCUT2D eigenvalue weighted by Gasteiger charge is -2.08. The summed E-state index contributed by atoms with van der Waals surface area (Å²) in [5, 5.41) is 20.3. The van der Waals surface area contributed by atoms with Crippen molar-refractivity contribution in [2.75, 3.05) is 0 Å². The predicted molar refractivity (Wildman–Crippen MR) is 101 cm³/mol. The van der Waals surface area contributed by atoms with Gasteiger partial charge >= 0.3 is 11.2 Å². The molecule has 0 aliphatic heterocycles. The molecule has 11 heteroatoms. The molecule has 4 aromatic heterocycles. The molecular formula is C17H13N7O3S. The summed E-state index contributed by atoms with van der Waals surface area (Å²) in [6.07, 6.45) is 4.74. The van der Waals surface area contributed by atoms with Crippen molar-refractivity contribution in [2.24, 2.45) is 0 Å². The summed E-state index contributed by atoms with van der Waals surface area (Å²) in [6.45, 7) is 2.45. The summed E-state index contributed by atoms with van der Waals surface area (Å²) in [5.41, 5.74) is -0.199. The van der Waals surface area contributed by atoms with Crippen LogP contribution in [0.25, 0.3) is 17.0 Å². The van der Waals surface area contributed by atoms with E-state index in [4.69, 9.17) is 0 Å². The van der Waals surface area contributed by atoms with Crippen molar-refractivity contribution >= 4 is 23.1 Å². The quantitative estimate of drug-likeness (QED) is 0.287. The highest BCUT2D eigenvalue weighted by atomic mass is 32.2. The van der Waals surface area contributed by atoms with Gasteiger partial charge in [-0.2, -0.15) is 0 Å². The molecule has 140 valence electrons. The number of fused-ring (bicyclic) bond motifs is 1. The van der Waals surface area contributed by atoms with Gasteiger partial charge in [-0.1, -0.05) is 6.07 Å². The Bertz CT molecular complexity index is 1240. The second-order valence-electron chi connectivity index (χ2n) is 5.65. The highest BCUT2D eigenvalue weighted by Crippen LogP contribution is 2.32. The average Bonchev–Trinajstić information content (AvgIpc) is 3.11. The minimum Gasteiger partial charge on any atom is -0.302 e. The van der Waals surface area contributed by atoms with Crippen molar-refractivity contribution in [1.29, 1.82) is 0 Å². The number of hydrogen-bond acceptors (Lipinski definition) is 8. The third kappa shape index (κ3) is 3.01. The molecule has 4 aromatic rings. The van der Waals surface area contributed by atoms with E-state index in [9.17, 15) is 14.9 Å². The third-order valence-electron chi connectivity index (χ3n) is 4.02. The predicted octanol–water partition coefficient (Wildman–Crippen LogP) is 2.43. The zero-order valence-electron chi connectivity index (χ0n) is 14.6. The summed E-state index contributed by atoms with van der Waals surface area (Å²) < 4.78 is 2.95. The topological polar surface area (TPSA) is 121 Å². The number of nitrogens with zero attached hydrogens (tertiary/aromatic N) is 7. The smallest absolute Gasteiger partial charge is 0.302 e. The minimum absolute atomic E-state index is 0.0235. The largest absolute Gasteiger partial charge is 0.366 e. The Labute approximate surface area is 162 Å². The first-order valence-electron chi connectivity index (χ1n) is 8.27. The summed E-state index contributed by atoms with van der Waals surface area (Å²) in [4.78, 5) is 31.7. The molecule has 28 heavy (non-hydrogen) atoms. The molecule has 0 unspecified atom stereocenters. The normalized spacial score (nSPS) is 11.0. The fraction of sp³-hybridized carbons (Fsp3) is 0.118. The van der Waals surface area contributed by atoms with Crippen molar-refractivity contribution < 1.29 is 4.92 Å². The molecule has 0 fully saturated rings. The van der Waals surface area contributed by atoms with E-state index in [1.54, 1.807) is 47.3 Å². The molecule has 0 aromatic carbocycles. The van der Waals surface area contributed by atoms with Gasteiger partial charge in [0.2, 0.25) is 0 Å². The monoisotopic (exact) mass is 395 g/mol. The van der Waals surface area contributed by atoms with Crippen molar-refractivity contribution in [3.8, 4) is 11.4 Å². The lowest BCUT2D eigenvalue weighted by Crippen LogP contribution is -2.19. The summed E-state index contributed by atoms with van der Waals surface area (Å²) in [7, 11) is 0. The lowest BCUT2D eigenvalue weighted by molar-refractivity contribution is -0.389. The molecule has 0 radical (unpaired) electrons. The van der Waals surface area contributed by atoms with Gasteiger partial charge < -0.3 is 4.57 Å². The third-order valence-corrected chi connectivity index (χ3v) is 4.98. The van der Waals surface area contributed by atoms with E-state index in [2.05, 4.69) is 20.2 Å². The molecule has 0 atom stereocenters. The van der Waals surface area contributed by atoms with Gasteiger partial charge in [0.1, 0.15) is 5.65 Å².